The van der Waals surface area contributed by atoms with Crippen molar-refractivity contribution in [1.82, 2.24) is 9.13 Å². The SMILES string of the molecule is Cc1cc(-c2ccccc2)cc(C)c1-c1cc2n(c1)C13c4c(cccc4-n4c5ccccc5c5ccc[n+]1c54)Oc1cccc-2[n+]13. The largest absolute Gasteiger partial charge is 0.437 e. The number of hydrogen-bond acceptors (Lipinski definition) is 1. The van der Waals surface area contributed by atoms with Gasteiger partial charge in [0, 0.05) is 23.2 Å². The third kappa shape index (κ3) is 2.70. The number of pyridine rings is 2. The highest BCUT2D eigenvalue weighted by Gasteiger charge is 2.68. The maximum Gasteiger partial charge on any atom is 0.437 e. The third-order valence-electron chi connectivity index (χ3n) is 10.4. The van der Waals surface area contributed by atoms with Crippen LogP contribution in [0.2, 0.25) is 0 Å². The van der Waals surface area contributed by atoms with Gasteiger partial charge in [0.1, 0.15) is 17.4 Å². The number of fused-ring (bicyclic) bond motifs is 6. The second-order valence-electron chi connectivity index (χ2n) is 12.8. The molecule has 5 nitrogen and oxygen atoms in total. The van der Waals surface area contributed by atoms with Gasteiger partial charge in [-0.3, -0.25) is 0 Å². The summed E-state index contributed by atoms with van der Waals surface area (Å²) in [6, 6.07) is 43.8. The molecule has 8 aromatic rings. The number of aromatic nitrogens is 4. The molecule has 1 spiro atoms. The molecule has 1 unspecified atom stereocenters. The Kier molecular flexibility index (Phi) is 4.35. The molecular weight excluding hydrogens is 564 g/mol. The molecule has 0 amide bonds. The summed E-state index contributed by atoms with van der Waals surface area (Å²) in [4.78, 5) is 0. The molecule has 3 aliphatic rings. The lowest BCUT2D eigenvalue weighted by atomic mass is 9.92. The van der Waals surface area contributed by atoms with Crippen molar-refractivity contribution < 1.29 is 13.9 Å². The quantitative estimate of drug-likeness (QED) is 0.186. The van der Waals surface area contributed by atoms with Gasteiger partial charge in [0.2, 0.25) is 5.69 Å². The summed E-state index contributed by atoms with van der Waals surface area (Å²) in [7, 11) is 0. The highest BCUT2D eigenvalue weighted by molar-refractivity contribution is 6.07. The Hall–Kier alpha value is -5.94. The molecule has 0 fully saturated rings. The lowest BCUT2D eigenvalue weighted by Crippen LogP contribution is -2.78. The molecule has 3 aliphatic heterocycles. The van der Waals surface area contributed by atoms with Crippen molar-refractivity contribution in [3.8, 4) is 51.0 Å². The minimum atomic E-state index is -0.723. The predicted octanol–water partition coefficient (Wildman–Crippen LogP) is 8.27. The first kappa shape index (κ1) is 24.4. The number of benzene rings is 4. The molecule has 7 heterocycles. The lowest BCUT2D eigenvalue weighted by Gasteiger charge is -2.33. The van der Waals surface area contributed by atoms with E-state index in [4.69, 9.17) is 4.74 Å². The maximum absolute atomic E-state index is 6.74. The second kappa shape index (κ2) is 8.20. The standard InChI is InChI=1S/C41H28N4O/c1-25-21-28(27-11-4-3-5-12-27)22-26(2)38(25)29-23-35-33-16-9-19-37-45(33)41(43(35)24-29)39-34(17-8-18-36(39)46-37)44-32-15-7-6-13-30(32)31-14-10-20-42(41)40(31)44/h3-24H,1-2H3/q+2. The van der Waals surface area contributed by atoms with Crippen LogP contribution in [0.15, 0.2) is 134 Å². The van der Waals surface area contributed by atoms with Crippen LogP contribution in [0, 0.1) is 13.8 Å². The molecule has 0 saturated carbocycles. The Morgan fingerprint density at radius 1 is 0.674 bits per heavy atom. The smallest absolute Gasteiger partial charge is 0.404 e. The molecule has 11 rings (SSSR count). The van der Waals surface area contributed by atoms with E-state index in [2.05, 4.69) is 166 Å². The molecule has 0 saturated heterocycles. The van der Waals surface area contributed by atoms with E-state index in [1.165, 1.54) is 61.0 Å². The second-order valence-corrected chi connectivity index (χ2v) is 12.8. The van der Waals surface area contributed by atoms with Crippen LogP contribution in [0.3, 0.4) is 0 Å². The van der Waals surface area contributed by atoms with E-state index >= 15 is 0 Å². The Morgan fingerprint density at radius 3 is 2.33 bits per heavy atom. The maximum atomic E-state index is 6.74. The van der Waals surface area contributed by atoms with Gasteiger partial charge in [-0.25, -0.2) is 4.57 Å². The molecule has 5 heteroatoms. The summed E-state index contributed by atoms with van der Waals surface area (Å²) in [5.41, 5.74) is 14.5. The zero-order chi connectivity index (χ0) is 30.3. The monoisotopic (exact) mass is 592 g/mol. The van der Waals surface area contributed by atoms with E-state index in [0.29, 0.717) is 0 Å². The average Bonchev–Trinajstić information content (AvgIpc) is 3.74. The van der Waals surface area contributed by atoms with E-state index in [0.717, 1.165) is 28.6 Å². The fourth-order valence-electron chi connectivity index (χ4n) is 8.73. The van der Waals surface area contributed by atoms with Crippen molar-refractivity contribution in [3.63, 3.8) is 0 Å². The first-order valence-electron chi connectivity index (χ1n) is 15.9. The van der Waals surface area contributed by atoms with Crippen molar-refractivity contribution in [2.24, 2.45) is 0 Å². The molecule has 0 bridgehead atoms. The van der Waals surface area contributed by atoms with Gasteiger partial charge in [-0.1, -0.05) is 65.2 Å². The normalized spacial score (nSPS) is 16.3. The van der Waals surface area contributed by atoms with Gasteiger partial charge >= 0.3 is 17.3 Å². The molecule has 1 atom stereocenters. The van der Waals surface area contributed by atoms with E-state index in [-0.39, 0.29) is 0 Å². The van der Waals surface area contributed by atoms with Crippen LogP contribution < -0.4 is 13.9 Å². The molecule has 4 aromatic heterocycles. The lowest BCUT2D eigenvalue weighted by molar-refractivity contribution is -0.973. The first-order chi connectivity index (χ1) is 22.6. The van der Waals surface area contributed by atoms with Crippen molar-refractivity contribution >= 4 is 21.9 Å². The number of nitrogens with zero attached hydrogens (tertiary/aromatic N) is 4. The first-order valence-corrected chi connectivity index (χ1v) is 15.9. The number of para-hydroxylation sites is 1. The number of rotatable bonds is 2. The number of hydrogen-bond donors (Lipinski definition) is 0. The molecule has 216 valence electrons. The van der Waals surface area contributed by atoms with Gasteiger partial charge in [0.15, 0.2) is 17.0 Å². The Morgan fingerprint density at radius 2 is 1.46 bits per heavy atom. The molecule has 0 radical (unpaired) electrons. The van der Waals surface area contributed by atoms with Crippen molar-refractivity contribution in [3.05, 3.63) is 150 Å². The number of ether oxygens (including phenoxy) is 1. The Bertz CT molecular complexity index is 2620. The minimum absolute atomic E-state index is 0.723. The van der Waals surface area contributed by atoms with E-state index < -0.39 is 5.79 Å². The van der Waals surface area contributed by atoms with Crippen molar-refractivity contribution in [2.45, 2.75) is 19.6 Å². The van der Waals surface area contributed by atoms with E-state index in [1.807, 2.05) is 0 Å². The van der Waals surface area contributed by atoms with Crippen molar-refractivity contribution in [1.29, 1.82) is 0 Å². The van der Waals surface area contributed by atoms with Crippen LogP contribution in [0.1, 0.15) is 16.7 Å². The van der Waals surface area contributed by atoms with E-state index in [9.17, 15) is 0 Å². The summed E-state index contributed by atoms with van der Waals surface area (Å²) in [6.45, 7) is 4.49. The van der Waals surface area contributed by atoms with E-state index in [1.54, 1.807) is 0 Å². The topological polar surface area (TPSA) is 26.8 Å². The Balaban J connectivity index is 1.26. The zero-order valence-electron chi connectivity index (χ0n) is 25.4. The Labute approximate surface area is 265 Å². The zero-order valence-corrected chi connectivity index (χ0v) is 25.4. The molecule has 0 N–H and O–H groups in total. The van der Waals surface area contributed by atoms with Crippen LogP contribution >= 0.6 is 0 Å². The average molecular weight is 593 g/mol. The van der Waals surface area contributed by atoms with Gasteiger partial charge in [0.25, 0.3) is 0 Å². The third-order valence-corrected chi connectivity index (χ3v) is 10.4. The van der Waals surface area contributed by atoms with Gasteiger partial charge < -0.3 is 4.74 Å². The fourth-order valence-corrected chi connectivity index (χ4v) is 8.73. The molecule has 4 aromatic carbocycles. The molecular formula is C41H28N4O+2. The summed E-state index contributed by atoms with van der Waals surface area (Å²) in [6.07, 6.45) is 4.62. The van der Waals surface area contributed by atoms with Gasteiger partial charge in [0.05, 0.1) is 11.5 Å². The summed E-state index contributed by atoms with van der Waals surface area (Å²) >= 11 is 0. The van der Waals surface area contributed by atoms with Crippen LogP contribution in [0.25, 0.3) is 61.3 Å². The molecule has 46 heavy (non-hydrogen) atoms. The van der Waals surface area contributed by atoms with Gasteiger partial charge in [-0.15, -0.1) is 4.57 Å². The van der Waals surface area contributed by atoms with Crippen LogP contribution in [-0.4, -0.2) is 9.13 Å². The van der Waals surface area contributed by atoms with Gasteiger partial charge in [-0.05, 0) is 90.2 Å². The minimum Gasteiger partial charge on any atom is -0.404 e. The number of aryl methyl sites for hydroxylation is 2. The summed E-state index contributed by atoms with van der Waals surface area (Å²) < 4.78 is 16.5. The summed E-state index contributed by atoms with van der Waals surface area (Å²) in [5, 5.41) is 2.48. The fraction of sp³-hybridized carbons (Fsp3) is 0.0732. The predicted molar refractivity (Wildman–Crippen MR) is 179 cm³/mol. The highest BCUT2D eigenvalue weighted by Crippen LogP contribution is 2.51. The van der Waals surface area contributed by atoms with Crippen LogP contribution in [0.4, 0.5) is 0 Å². The molecule has 0 aliphatic carbocycles. The van der Waals surface area contributed by atoms with Gasteiger partial charge in [-0.2, -0.15) is 4.57 Å². The van der Waals surface area contributed by atoms with Crippen LogP contribution in [0.5, 0.6) is 11.6 Å². The van der Waals surface area contributed by atoms with Crippen molar-refractivity contribution in [2.75, 3.05) is 0 Å². The highest BCUT2D eigenvalue weighted by atomic mass is 16.5. The summed E-state index contributed by atoms with van der Waals surface area (Å²) in [5.74, 6) is 0.991. The van der Waals surface area contributed by atoms with Crippen LogP contribution in [-0.2, 0) is 5.79 Å².